The Morgan fingerprint density at radius 3 is 2.00 bits per heavy atom. The summed E-state index contributed by atoms with van der Waals surface area (Å²) in [6, 6.07) is 4.36. The summed E-state index contributed by atoms with van der Waals surface area (Å²) in [5.41, 5.74) is 0. The van der Waals surface area contributed by atoms with E-state index in [1.807, 2.05) is 11.8 Å². The molecule has 0 amide bonds. The maximum absolute atomic E-state index is 8.68. The number of rotatable bonds is 1. The van der Waals surface area contributed by atoms with Crippen molar-refractivity contribution in [2.45, 2.75) is 31.8 Å². The SMILES string of the molecule is CCN1C(C#N)CCC1C#N. The van der Waals surface area contributed by atoms with Crippen molar-refractivity contribution >= 4 is 0 Å². The van der Waals surface area contributed by atoms with Gasteiger partial charge in [0.15, 0.2) is 0 Å². The van der Waals surface area contributed by atoms with Gasteiger partial charge in [-0.15, -0.1) is 0 Å². The average Bonchev–Trinajstić information content (AvgIpc) is 2.45. The summed E-state index contributed by atoms with van der Waals surface area (Å²) >= 11 is 0. The van der Waals surface area contributed by atoms with E-state index in [4.69, 9.17) is 10.5 Å². The third-order valence-corrected chi connectivity index (χ3v) is 2.18. The van der Waals surface area contributed by atoms with Crippen molar-refractivity contribution < 1.29 is 0 Å². The molecule has 0 aromatic carbocycles. The second kappa shape index (κ2) is 3.37. The summed E-state index contributed by atoms with van der Waals surface area (Å²) in [4.78, 5) is 1.96. The van der Waals surface area contributed by atoms with Gasteiger partial charge in [-0.25, -0.2) is 0 Å². The van der Waals surface area contributed by atoms with Crippen molar-refractivity contribution in [3.05, 3.63) is 0 Å². The summed E-state index contributed by atoms with van der Waals surface area (Å²) in [5, 5.41) is 17.4. The van der Waals surface area contributed by atoms with Gasteiger partial charge in [-0.2, -0.15) is 10.5 Å². The van der Waals surface area contributed by atoms with Crippen LogP contribution in [0.2, 0.25) is 0 Å². The molecule has 2 unspecified atom stereocenters. The number of hydrogen-bond donors (Lipinski definition) is 0. The highest BCUT2D eigenvalue weighted by molar-refractivity contribution is 5.06. The highest BCUT2D eigenvalue weighted by Gasteiger charge is 2.31. The minimum atomic E-state index is -0.0235. The Labute approximate surface area is 66.8 Å². The van der Waals surface area contributed by atoms with E-state index in [2.05, 4.69) is 12.1 Å². The normalized spacial score (nSPS) is 31.2. The quantitative estimate of drug-likeness (QED) is 0.556. The lowest BCUT2D eigenvalue weighted by Crippen LogP contribution is -2.34. The monoisotopic (exact) mass is 149 g/mol. The fourth-order valence-electron chi connectivity index (χ4n) is 1.58. The Morgan fingerprint density at radius 1 is 1.27 bits per heavy atom. The van der Waals surface area contributed by atoms with Crippen molar-refractivity contribution in [3.8, 4) is 12.1 Å². The molecule has 1 fully saturated rings. The fourth-order valence-corrected chi connectivity index (χ4v) is 1.58. The van der Waals surface area contributed by atoms with E-state index >= 15 is 0 Å². The van der Waals surface area contributed by atoms with Crippen LogP contribution in [0, 0.1) is 22.7 Å². The zero-order valence-corrected chi connectivity index (χ0v) is 6.62. The molecule has 0 N–H and O–H groups in total. The molecule has 1 aliphatic rings. The van der Waals surface area contributed by atoms with Gasteiger partial charge in [0.2, 0.25) is 0 Å². The van der Waals surface area contributed by atoms with Crippen LogP contribution in [0.1, 0.15) is 19.8 Å². The maximum Gasteiger partial charge on any atom is 0.0989 e. The van der Waals surface area contributed by atoms with Gasteiger partial charge < -0.3 is 0 Å². The van der Waals surface area contributed by atoms with E-state index in [0.29, 0.717) is 0 Å². The minimum Gasteiger partial charge on any atom is -0.273 e. The lowest BCUT2D eigenvalue weighted by molar-refractivity contribution is 0.271. The fraction of sp³-hybridized carbons (Fsp3) is 0.750. The topological polar surface area (TPSA) is 50.8 Å². The van der Waals surface area contributed by atoms with Gasteiger partial charge in [0.05, 0.1) is 24.2 Å². The molecule has 1 aliphatic heterocycles. The van der Waals surface area contributed by atoms with E-state index < -0.39 is 0 Å². The predicted molar refractivity (Wildman–Crippen MR) is 40.4 cm³/mol. The van der Waals surface area contributed by atoms with Crippen LogP contribution >= 0.6 is 0 Å². The first-order chi connectivity index (χ1) is 5.33. The van der Waals surface area contributed by atoms with Crippen molar-refractivity contribution in [3.63, 3.8) is 0 Å². The summed E-state index contributed by atoms with van der Waals surface area (Å²) in [6.07, 6.45) is 1.70. The molecule has 3 nitrogen and oxygen atoms in total. The molecule has 11 heavy (non-hydrogen) atoms. The highest BCUT2D eigenvalue weighted by atomic mass is 15.2. The van der Waals surface area contributed by atoms with Crippen LogP contribution in [-0.2, 0) is 0 Å². The molecule has 2 atom stereocenters. The third kappa shape index (κ3) is 1.34. The number of likely N-dealkylation sites (tertiary alicyclic amines) is 1. The molecule has 0 aromatic heterocycles. The Hall–Kier alpha value is -1.06. The summed E-state index contributed by atoms with van der Waals surface area (Å²) in [5.74, 6) is 0. The molecular formula is C8H11N3. The summed E-state index contributed by atoms with van der Waals surface area (Å²) in [6.45, 7) is 2.79. The first-order valence-electron chi connectivity index (χ1n) is 3.88. The molecule has 1 heterocycles. The van der Waals surface area contributed by atoms with E-state index in [1.165, 1.54) is 0 Å². The van der Waals surface area contributed by atoms with Crippen molar-refractivity contribution in [2.24, 2.45) is 0 Å². The van der Waals surface area contributed by atoms with Crippen LogP contribution in [0.25, 0.3) is 0 Å². The Kier molecular flexibility index (Phi) is 2.46. The van der Waals surface area contributed by atoms with Crippen LogP contribution < -0.4 is 0 Å². The Bertz CT molecular complexity index is 188. The van der Waals surface area contributed by atoms with Gasteiger partial charge >= 0.3 is 0 Å². The Balaban J connectivity index is 2.66. The van der Waals surface area contributed by atoms with Crippen LogP contribution in [0.5, 0.6) is 0 Å². The molecule has 1 rings (SSSR count). The van der Waals surface area contributed by atoms with E-state index in [9.17, 15) is 0 Å². The summed E-state index contributed by atoms with van der Waals surface area (Å²) < 4.78 is 0. The molecule has 3 heteroatoms. The minimum absolute atomic E-state index is 0.0235. The molecule has 0 aliphatic carbocycles. The number of hydrogen-bond acceptors (Lipinski definition) is 3. The van der Waals surface area contributed by atoms with Gasteiger partial charge in [0, 0.05) is 0 Å². The number of nitriles is 2. The first-order valence-corrected chi connectivity index (χ1v) is 3.88. The molecule has 0 bridgehead atoms. The van der Waals surface area contributed by atoms with Crippen LogP contribution in [-0.4, -0.2) is 23.5 Å². The highest BCUT2D eigenvalue weighted by Crippen LogP contribution is 2.22. The third-order valence-electron chi connectivity index (χ3n) is 2.18. The lowest BCUT2D eigenvalue weighted by Gasteiger charge is -2.19. The maximum atomic E-state index is 8.68. The molecule has 0 saturated carbocycles. The molecule has 0 aromatic rings. The van der Waals surface area contributed by atoms with E-state index in [1.54, 1.807) is 0 Å². The largest absolute Gasteiger partial charge is 0.273 e. The molecule has 1 saturated heterocycles. The van der Waals surface area contributed by atoms with Crippen LogP contribution in [0.3, 0.4) is 0 Å². The molecular weight excluding hydrogens is 138 g/mol. The van der Waals surface area contributed by atoms with Gasteiger partial charge in [0.1, 0.15) is 0 Å². The van der Waals surface area contributed by atoms with Crippen LogP contribution in [0.15, 0.2) is 0 Å². The standard InChI is InChI=1S/C8H11N3/c1-2-11-7(5-9)3-4-8(11)6-10/h7-8H,2-4H2,1H3. The predicted octanol–water partition coefficient (Wildman–Crippen LogP) is 0.886. The van der Waals surface area contributed by atoms with Crippen molar-refractivity contribution in [1.82, 2.24) is 4.90 Å². The smallest absolute Gasteiger partial charge is 0.0989 e. The molecule has 58 valence electrons. The van der Waals surface area contributed by atoms with Gasteiger partial charge in [0.25, 0.3) is 0 Å². The first kappa shape index (κ1) is 8.04. The second-order valence-corrected chi connectivity index (χ2v) is 2.70. The van der Waals surface area contributed by atoms with Gasteiger partial charge in [-0.1, -0.05) is 6.92 Å². The zero-order chi connectivity index (χ0) is 8.27. The number of nitrogens with zero attached hydrogens (tertiary/aromatic N) is 3. The second-order valence-electron chi connectivity index (χ2n) is 2.70. The Morgan fingerprint density at radius 2 is 1.73 bits per heavy atom. The molecule has 0 spiro atoms. The van der Waals surface area contributed by atoms with Gasteiger partial charge in [-0.05, 0) is 19.4 Å². The van der Waals surface area contributed by atoms with Crippen molar-refractivity contribution in [2.75, 3.05) is 6.54 Å². The zero-order valence-electron chi connectivity index (χ0n) is 6.62. The van der Waals surface area contributed by atoms with Gasteiger partial charge in [-0.3, -0.25) is 4.90 Å². The van der Waals surface area contributed by atoms with E-state index in [-0.39, 0.29) is 12.1 Å². The average molecular weight is 149 g/mol. The van der Waals surface area contributed by atoms with Crippen molar-refractivity contribution in [1.29, 1.82) is 10.5 Å². The lowest BCUT2D eigenvalue weighted by atomic mass is 10.2. The summed E-state index contributed by atoms with van der Waals surface area (Å²) in [7, 11) is 0. The van der Waals surface area contributed by atoms with Crippen LogP contribution in [0.4, 0.5) is 0 Å². The van der Waals surface area contributed by atoms with E-state index in [0.717, 1.165) is 19.4 Å². The molecule has 0 radical (unpaired) electrons.